The van der Waals surface area contributed by atoms with Crippen molar-refractivity contribution in [3.05, 3.63) is 70.8 Å². The van der Waals surface area contributed by atoms with Crippen LogP contribution in [-0.4, -0.2) is 37.7 Å². The maximum absolute atomic E-state index is 12.4. The minimum Gasteiger partial charge on any atom is -0.296 e. The van der Waals surface area contributed by atoms with Crippen LogP contribution in [-0.2, 0) is 29.4 Å². The summed E-state index contributed by atoms with van der Waals surface area (Å²) in [7, 11) is -0.934. The van der Waals surface area contributed by atoms with Gasteiger partial charge in [0.1, 0.15) is 0 Å². The second-order valence-electron chi connectivity index (χ2n) is 9.54. The van der Waals surface area contributed by atoms with Crippen LogP contribution in [0.1, 0.15) is 47.4 Å². The Bertz CT molecular complexity index is 1050. The Morgan fingerprint density at radius 3 is 2.48 bits per heavy atom. The van der Waals surface area contributed by atoms with E-state index in [1.54, 1.807) is 0 Å². The van der Waals surface area contributed by atoms with E-state index in [0.717, 1.165) is 43.3 Å². The zero-order valence-corrected chi connectivity index (χ0v) is 17.7. The van der Waals surface area contributed by atoms with Gasteiger partial charge in [-0.25, -0.2) is 13.1 Å². The van der Waals surface area contributed by atoms with E-state index in [1.165, 1.54) is 23.1 Å². The molecule has 29 heavy (non-hydrogen) atoms. The largest absolute Gasteiger partial charge is 0.296 e. The molecule has 1 heterocycles. The smallest absolute Gasteiger partial charge is 0.214 e. The van der Waals surface area contributed by atoms with Crippen LogP contribution in [0.4, 0.5) is 0 Å². The van der Waals surface area contributed by atoms with Crippen molar-refractivity contribution in [1.29, 1.82) is 0 Å². The molecule has 4 nitrogen and oxygen atoms in total. The molecule has 3 aliphatic carbocycles. The van der Waals surface area contributed by atoms with Gasteiger partial charge in [-0.1, -0.05) is 55.0 Å². The fraction of sp³-hybridized carbons (Fsp3) is 0.500. The average Bonchev–Trinajstić information content (AvgIpc) is 3.51. The van der Waals surface area contributed by atoms with Crippen LogP contribution in [0.15, 0.2) is 48.5 Å². The third-order valence-electron chi connectivity index (χ3n) is 8.06. The molecule has 0 amide bonds. The molecule has 2 saturated carbocycles. The molecule has 1 N–H and O–H groups in total. The summed E-state index contributed by atoms with van der Waals surface area (Å²) in [5.74, 6) is 0.536. The molecule has 6 rings (SSSR count). The van der Waals surface area contributed by atoms with Gasteiger partial charge in [-0.2, -0.15) is 0 Å². The number of sulfonamides is 1. The maximum Gasteiger partial charge on any atom is 0.214 e. The number of benzene rings is 2. The zero-order valence-electron chi connectivity index (χ0n) is 16.8. The Morgan fingerprint density at radius 2 is 1.83 bits per heavy atom. The van der Waals surface area contributed by atoms with Gasteiger partial charge >= 0.3 is 0 Å². The van der Waals surface area contributed by atoms with E-state index in [9.17, 15) is 8.42 Å². The molecule has 2 aromatic carbocycles. The van der Waals surface area contributed by atoms with E-state index < -0.39 is 10.0 Å². The molecule has 3 unspecified atom stereocenters. The Morgan fingerprint density at radius 1 is 1.07 bits per heavy atom. The summed E-state index contributed by atoms with van der Waals surface area (Å²) < 4.78 is 27.7. The molecule has 5 heteroatoms. The molecule has 3 fully saturated rings. The quantitative estimate of drug-likeness (QED) is 0.747. The van der Waals surface area contributed by atoms with E-state index in [0.29, 0.717) is 17.9 Å². The van der Waals surface area contributed by atoms with E-state index in [2.05, 4.69) is 65.2 Å². The van der Waals surface area contributed by atoms with Gasteiger partial charge in [-0.05, 0) is 60.9 Å². The maximum atomic E-state index is 12.4. The number of nitrogens with zero attached hydrogens (tertiary/aromatic N) is 1. The standard InChI is InChI=1S/C24H28N2O2S/c1-26-22-23(26)24(22)14-18-11-10-17(15-25-29(27,28)19-8-5-9-19)12-20(18)21(24)13-16-6-3-2-4-7-16/h2-4,6-7,10-12,19,21-23,25H,5,8-9,13-15H2,1H3. The monoisotopic (exact) mass is 408 g/mol. The van der Waals surface area contributed by atoms with Crippen molar-refractivity contribution in [3.8, 4) is 0 Å². The first kappa shape index (κ1) is 18.1. The zero-order chi connectivity index (χ0) is 19.8. The number of likely N-dealkylation sites (tertiary alicyclic amines) is 1. The summed E-state index contributed by atoms with van der Waals surface area (Å²) in [6.07, 6.45) is 4.89. The minimum atomic E-state index is -3.17. The van der Waals surface area contributed by atoms with Crippen molar-refractivity contribution < 1.29 is 8.42 Å². The van der Waals surface area contributed by atoms with Crippen molar-refractivity contribution in [3.63, 3.8) is 0 Å². The highest BCUT2D eigenvalue weighted by Gasteiger charge is 2.84. The highest BCUT2D eigenvalue weighted by atomic mass is 32.2. The molecule has 0 bridgehead atoms. The summed E-state index contributed by atoms with van der Waals surface area (Å²) >= 11 is 0. The first-order valence-electron chi connectivity index (χ1n) is 10.9. The molecule has 152 valence electrons. The van der Waals surface area contributed by atoms with Crippen LogP contribution < -0.4 is 4.72 Å². The fourth-order valence-electron chi connectivity index (χ4n) is 6.17. The molecule has 0 aromatic heterocycles. The van der Waals surface area contributed by atoms with Gasteiger partial charge in [0.2, 0.25) is 10.0 Å². The summed E-state index contributed by atoms with van der Waals surface area (Å²) in [4.78, 5) is 2.50. The predicted octanol–water partition coefficient (Wildman–Crippen LogP) is 3.22. The first-order chi connectivity index (χ1) is 14.0. The number of rotatable bonds is 6. The Hall–Kier alpha value is -1.69. The Kier molecular flexibility index (Phi) is 3.85. The molecule has 1 saturated heterocycles. The average molecular weight is 409 g/mol. The van der Waals surface area contributed by atoms with Crippen molar-refractivity contribution in [1.82, 2.24) is 9.62 Å². The minimum absolute atomic E-state index is 0.180. The van der Waals surface area contributed by atoms with Gasteiger partial charge in [0.15, 0.2) is 0 Å². The van der Waals surface area contributed by atoms with Crippen LogP contribution >= 0.6 is 0 Å². The van der Waals surface area contributed by atoms with Crippen LogP contribution in [0.25, 0.3) is 0 Å². The topological polar surface area (TPSA) is 49.2 Å². The summed E-state index contributed by atoms with van der Waals surface area (Å²) in [6.45, 7) is 0.407. The molecule has 1 aliphatic heterocycles. The highest BCUT2D eigenvalue weighted by molar-refractivity contribution is 7.90. The number of hydrogen-bond donors (Lipinski definition) is 1. The van der Waals surface area contributed by atoms with Crippen molar-refractivity contribution in [2.45, 2.75) is 61.9 Å². The summed E-state index contributed by atoms with van der Waals surface area (Å²) in [5, 5.41) is -0.180. The molecule has 4 aliphatic rings. The molecular weight excluding hydrogens is 380 g/mol. The molecule has 2 aromatic rings. The molecular formula is C24H28N2O2S. The lowest BCUT2D eigenvalue weighted by Crippen LogP contribution is -2.38. The number of likely N-dealkylation sites (N-methyl/N-ethyl adjacent to an activating group) is 1. The van der Waals surface area contributed by atoms with Crippen LogP contribution in [0.3, 0.4) is 0 Å². The predicted molar refractivity (Wildman–Crippen MR) is 114 cm³/mol. The highest BCUT2D eigenvalue weighted by Crippen LogP contribution is 2.76. The second kappa shape index (κ2) is 6.16. The molecule has 0 radical (unpaired) electrons. The third-order valence-corrected chi connectivity index (χ3v) is 9.96. The van der Waals surface area contributed by atoms with Gasteiger partial charge in [0.25, 0.3) is 0 Å². The van der Waals surface area contributed by atoms with Crippen LogP contribution in [0.2, 0.25) is 0 Å². The molecule has 3 atom stereocenters. The van der Waals surface area contributed by atoms with Crippen molar-refractivity contribution >= 4 is 10.0 Å². The van der Waals surface area contributed by atoms with Crippen LogP contribution in [0, 0.1) is 5.41 Å². The lowest BCUT2D eigenvalue weighted by molar-refractivity contribution is 0.226. The van der Waals surface area contributed by atoms with Gasteiger partial charge in [0.05, 0.1) is 5.25 Å². The van der Waals surface area contributed by atoms with Gasteiger partial charge in [-0.15, -0.1) is 0 Å². The first-order valence-corrected chi connectivity index (χ1v) is 12.4. The summed E-state index contributed by atoms with van der Waals surface area (Å²) in [5.41, 5.74) is 5.82. The van der Waals surface area contributed by atoms with E-state index in [1.807, 2.05) is 0 Å². The lowest BCUT2D eigenvalue weighted by Gasteiger charge is -2.29. The third kappa shape index (κ3) is 2.67. The van der Waals surface area contributed by atoms with E-state index in [4.69, 9.17) is 0 Å². The van der Waals surface area contributed by atoms with E-state index in [-0.39, 0.29) is 5.25 Å². The lowest BCUT2D eigenvalue weighted by atomic mass is 9.81. The van der Waals surface area contributed by atoms with Gasteiger partial charge in [0, 0.05) is 24.0 Å². The summed E-state index contributed by atoms with van der Waals surface area (Å²) in [6, 6.07) is 19.0. The van der Waals surface area contributed by atoms with Crippen LogP contribution in [0.5, 0.6) is 0 Å². The van der Waals surface area contributed by atoms with Crippen molar-refractivity contribution in [2.75, 3.05) is 7.05 Å². The van der Waals surface area contributed by atoms with E-state index >= 15 is 0 Å². The number of hydrogen-bond acceptors (Lipinski definition) is 3. The fourth-order valence-corrected chi connectivity index (χ4v) is 7.73. The second-order valence-corrected chi connectivity index (χ2v) is 11.6. The normalized spacial score (nSPS) is 34.5. The van der Waals surface area contributed by atoms with Gasteiger partial charge in [-0.3, -0.25) is 4.90 Å². The number of fused-ring (bicyclic) bond motifs is 4. The molecule has 1 spiro atoms. The SMILES string of the molecule is CN1C2C1C21Cc2ccc(CNS(=O)(=O)C3CCC3)cc2C1Cc1ccccc1. The Labute approximate surface area is 173 Å². The van der Waals surface area contributed by atoms with Gasteiger partial charge < -0.3 is 0 Å². The van der Waals surface area contributed by atoms with Crippen molar-refractivity contribution in [2.24, 2.45) is 5.41 Å². The Balaban J connectivity index is 1.26. The number of nitrogens with one attached hydrogen (secondary N) is 1.